The van der Waals surface area contributed by atoms with Crippen molar-refractivity contribution >= 4 is 5.82 Å². The largest absolute Gasteiger partial charge is 0.367 e. The summed E-state index contributed by atoms with van der Waals surface area (Å²) >= 11 is 0. The van der Waals surface area contributed by atoms with Gasteiger partial charge < -0.3 is 16.0 Å². The summed E-state index contributed by atoms with van der Waals surface area (Å²) in [6, 6.07) is 0. The van der Waals surface area contributed by atoms with Crippen LogP contribution >= 0.6 is 0 Å². The Morgan fingerprint density at radius 3 is 2.19 bits per heavy atom. The smallest absolute Gasteiger partial charge is 0.168 e. The first kappa shape index (κ1) is 22.9. The van der Waals surface area contributed by atoms with E-state index in [0.29, 0.717) is 0 Å². The van der Waals surface area contributed by atoms with Gasteiger partial charge in [0.25, 0.3) is 0 Å². The molecule has 0 spiro atoms. The highest BCUT2D eigenvalue weighted by molar-refractivity contribution is 5.30. The van der Waals surface area contributed by atoms with Crippen molar-refractivity contribution in [2.75, 3.05) is 38.5 Å². The lowest BCUT2D eigenvalue weighted by molar-refractivity contribution is 0.222. The highest BCUT2D eigenvalue weighted by Gasteiger charge is 2.22. The van der Waals surface area contributed by atoms with E-state index in [0.717, 1.165) is 51.3 Å². The Hall–Kier alpha value is -1.14. The third-order valence-corrected chi connectivity index (χ3v) is 5.62. The molecule has 6 nitrogen and oxygen atoms in total. The average Bonchev–Trinajstić information content (AvgIpc) is 3.07. The summed E-state index contributed by atoms with van der Waals surface area (Å²) in [5.41, 5.74) is 6.25. The Bertz CT molecular complexity index is 532. The Morgan fingerprint density at radius 1 is 1.08 bits per heavy atom. The summed E-state index contributed by atoms with van der Waals surface area (Å²) in [7, 11) is 2.20. The van der Waals surface area contributed by atoms with Crippen LogP contribution in [0, 0.1) is 10.8 Å². The number of nitrogens with two attached hydrogens (primary N) is 1. The van der Waals surface area contributed by atoms with Crippen molar-refractivity contribution in [2.45, 2.75) is 73.3 Å². The van der Waals surface area contributed by atoms with E-state index in [1.807, 2.05) is 10.9 Å². The van der Waals surface area contributed by atoms with E-state index in [2.05, 4.69) is 76.0 Å². The van der Waals surface area contributed by atoms with E-state index in [1.165, 1.54) is 0 Å². The molecule has 1 heterocycles. The SMILES string of the molecule is CCC(C)(C)n1cc(NCC(C)(C)CCN(C)CCC(C)(C)CN)nn1. The number of rotatable bonds is 12. The fraction of sp³-hybridized carbons (Fsp3) is 0.900. The minimum absolute atomic E-state index is 0.00245. The van der Waals surface area contributed by atoms with Gasteiger partial charge in [0.05, 0.1) is 11.7 Å². The van der Waals surface area contributed by atoms with Crippen molar-refractivity contribution in [2.24, 2.45) is 16.6 Å². The highest BCUT2D eigenvalue weighted by Crippen LogP contribution is 2.24. The molecule has 0 atom stereocenters. The predicted molar refractivity (Wildman–Crippen MR) is 111 cm³/mol. The Morgan fingerprint density at radius 2 is 1.65 bits per heavy atom. The van der Waals surface area contributed by atoms with E-state index in [9.17, 15) is 0 Å². The van der Waals surface area contributed by atoms with Gasteiger partial charge in [-0.2, -0.15) is 0 Å². The zero-order chi connectivity index (χ0) is 20.0. The lowest BCUT2D eigenvalue weighted by Crippen LogP contribution is -2.33. The summed E-state index contributed by atoms with van der Waals surface area (Å²) < 4.78 is 1.95. The topological polar surface area (TPSA) is 72.0 Å². The van der Waals surface area contributed by atoms with Gasteiger partial charge in [0.15, 0.2) is 5.82 Å². The molecule has 152 valence electrons. The first-order valence-electron chi connectivity index (χ1n) is 9.96. The third-order valence-electron chi connectivity index (χ3n) is 5.62. The summed E-state index contributed by atoms with van der Waals surface area (Å²) in [6.07, 6.45) is 5.30. The van der Waals surface area contributed by atoms with Gasteiger partial charge in [-0.05, 0) is 70.6 Å². The Balaban J connectivity index is 2.42. The molecule has 0 aliphatic carbocycles. The molecule has 0 aliphatic rings. The number of nitrogens with one attached hydrogen (secondary N) is 1. The number of hydrogen-bond donors (Lipinski definition) is 2. The van der Waals surface area contributed by atoms with Gasteiger partial charge in [0.2, 0.25) is 0 Å². The number of nitrogens with zero attached hydrogens (tertiary/aromatic N) is 4. The van der Waals surface area contributed by atoms with Crippen LogP contribution in [0.4, 0.5) is 5.82 Å². The fourth-order valence-corrected chi connectivity index (χ4v) is 2.42. The molecule has 0 fully saturated rings. The van der Waals surface area contributed by atoms with Gasteiger partial charge in [-0.3, -0.25) is 0 Å². The summed E-state index contributed by atoms with van der Waals surface area (Å²) in [6.45, 7) is 19.4. The second kappa shape index (κ2) is 9.18. The molecule has 3 N–H and O–H groups in total. The molecule has 0 saturated heterocycles. The lowest BCUT2D eigenvalue weighted by atomic mass is 9.88. The quantitative estimate of drug-likeness (QED) is 0.592. The van der Waals surface area contributed by atoms with Crippen molar-refractivity contribution in [3.05, 3.63) is 6.20 Å². The normalized spacial score (nSPS) is 13.5. The van der Waals surface area contributed by atoms with Crippen LogP contribution < -0.4 is 11.1 Å². The van der Waals surface area contributed by atoms with Crippen molar-refractivity contribution in [1.29, 1.82) is 0 Å². The van der Waals surface area contributed by atoms with E-state index in [1.54, 1.807) is 0 Å². The maximum Gasteiger partial charge on any atom is 0.168 e. The summed E-state index contributed by atoms with van der Waals surface area (Å²) in [5.74, 6) is 0.859. The Labute approximate surface area is 160 Å². The van der Waals surface area contributed by atoms with Gasteiger partial charge >= 0.3 is 0 Å². The van der Waals surface area contributed by atoms with Gasteiger partial charge in [-0.1, -0.05) is 39.8 Å². The minimum Gasteiger partial charge on any atom is -0.367 e. The van der Waals surface area contributed by atoms with E-state index >= 15 is 0 Å². The van der Waals surface area contributed by atoms with Crippen molar-refractivity contribution in [1.82, 2.24) is 19.9 Å². The maximum atomic E-state index is 5.83. The van der Waals surface area contributed by atoms with Crippen molar-refractivity contribution in [3.8, 4) is 0 Å². The molecule has 0 aromatic carbocycles. The molecule has 1 aromatic rings. The first-order valence-corrected chi connectivity index (χ1v) is 9.96. The standard InChI is InChI=1S/C20H42N6/c1-9-20(6,7)26-14-17(23-24-26)22-16-19(4,5)11-13-25(8)12-10-18(2,3)15-21/h14,22H,9-13,15-16,21H2,1-8H3. The Kier molecular flexibility index (Phi) is 8.08. The fourth-order valence-electron chi connectivity index (χ4n) is 2.42. The van der Waals surface area contributed by atoms with Gasteiger partial charge in [-0.15, -0.1) is 5.10 Å². The average molecular weight is 367 g/mol. The van der Waals surface area contributed by atoms with E-state index < -0.39 is 0 Å². The number of aromatic nitrogens is 3. The van der Waals surface area contributed by atoms with Crippen LogP contribution in [0.5, 0.6) is 0 Å². The predicted octanol–water partition coefficient (Wildman–Crippen LogP) is 3.56. The second-order valence-electron chi connectivity index (χ2n) is 9.90. The van der Waals surface area contributed by atoms with Crippen LogP contribution in [-0.2, 0) is 5.54 Å². The second-order valence-corrected chi connectivity index (χ2v) is 9.90. The van der Waals surface area contributed by atoms with Gasteiger partial charge in [-0.25, -0.2) is 4.68 Å². The molecule has 0 unspecified atom stereocenters. The molecule has 0 saturated carbocycles. The minimum atomic E-state index is 0.00245. The van der Waals surface area contributed by atoms with Crippen LogP contribution in [0.1, 0.15) is 67.7 Å². The summed E-state index contributed by atoms with van der Waals surface area (Å²) in [5, 5.41) is 12.0. The highest BCUT2D eigenvalue weighted by atomic mass is 15.5. The molecular formula is C20H42N6. The van der Waals surface area contributed by atoms with E-state index in [-0.39, 0.29) is 16.4 Å². The van der Waals surface area contributed by atoms with Crippen molar-refractivity contribution < 1.29 is 0 Å². The first-order chi connectivity index (χ1) is 11.9. The van der Waals surface area contributed by atoms with Crippen LogP contribution in [-0.4, -0.2) is 53.1 Å². The molecule has 0 bridgehead atoms. The zero-order valence-electron chi connectivity index (χ0n) is 18.4. The molecule has 26 heavy (non-hydrogen) atoms. The number of anilines is 1. The molecule has 6 heteroatoms. The summed E-state index contributed by atoms with van der Waals surface area (Å²) in [4.78, 5) is 2.42. The molecule has 0 radical (unpaired) electrons. The van der Waals surface area contributed by atoms with Crippen LogP contribution in [0.3, 0.4) is 0 Å². The maximum absolute atomic E-state index is 5.83. The lowest BCUT2D eigenvalue weighted by Gasteiger charge is -2.30. The van der Waals surface area contributed by atoms with Gasteiger partial charge in [0, 0.05) is 6.54 Å². The van der Waals surface area contributed by atoms with Crippen LogP contribution in [0.2, 0.25) is 0 Å². The number of hydrogen-bond acceptors (Lipinski definition) is 5. The zero-order valence-corrected chi connectivity index (χ0v) is 18.4. The van der Waals surface area contributed by atoms with Crippen molar-refractivity contribution in [3.63, 3.8) is 0 Å². The third kappa shape index (κ3) is 7.62. The van der Waals surface area contributed by atoms with Crippen LogP contribution in [0.15, 0.2) is 6.20 Å². The molecule has 0 amide bonds. The molecular weight excluding hydrogens is 324 g/mol. The molecule has 0 aliphatic heterocycles. The van der Waals surface area contributed by atoms with Crippen LogP contribution in [0.25, 0.3) is 0 Å². The molecule has 1 aromatic heterocycles. The van der Waals surface area contributed by atoms with E-state index in [4.69, 9.17) is 5.73 Å². The van der Waals surface area contributed by atoms with Gasteiger partial charge in [0.1, 0.15) is 0 Å². The monoisotopic (exact) mass is 366 g/mol. The molecule has 1 rings (SSSR count).